The van der Waals surface area contributed by atoms with Crippen molar-refractivity contribution in [1.82, 2.24) is 39.9 Å². The first-order chi connectivity index (χ1) is 22.3. The molecule has 46 heavy (non-hydrogen) atoms. The number of phenols is 1. The minimum Gasteiger partial charge on any atom is -0.505 e. The Morgan fingerprint density at radius 1 is 1.09 bits per heavy atom. The van der Waals surface area contributed by atoms with Crippen LogP contribution >= 0.6 is 0 Å². The molecule has 2 aromatic carbocycles. The number of imidazole rings is 1. The number of carbonyl (C=O) groups is 1. The summed E-state index contributed by atoms with van der Waals surface area (Å²) in [6.07, 6.45) is 6.30. The lowest BCUT2D eigenvalue weighted by atomic mass is 9.96. The van der Waals surface area contributed by atoms with Gasteiger partial charge in [0.2, 0.25) is 0 Å². The third-order valence-corrected chi connectivity index (χ3v) is 9.41. The summed E-state index contributed by atoms with van der Waals surface area (Å²) < 4.78 is 14.2. The van der Waals surface area contributed by atoms with E-state index in [0.717, 1.165) is 70.9 Å². The zero-order valence-electron chi connectivity index (χ0n) is 26.3. The number of hydrogen-bond donors (Lipinski definition) is 3. The second-order valence-corrected chi connectivity index (χ2v) is 12.3. The van der Waals surface area contributed by atoms with Crippen LogP contribution in [0.15, 0.2) is 42.7 Å². The van der Waals surface area contributed by atoms with Gasteiger partial charge in [0.05, 0.1) is 23.6 Å². The SMILES string of the molecule is CCc1cc(O)c(F)cc1-c1ccc2c(-c3nc4c([nH]3)CCN(C(=O)c3cnc(N5CCCN(C)[C@H](C)C5)cn3)CC4)n[nH]c2c1. The maximum atomic E-state index is 14.2. The molecule has 1 fully saturated rings. The number of aryl methyl sites for hydroxylation is 1. The Hall–Kier alpha value is -4.84. The molecule has 0 spiro atoms. The molecule has 3 aromatic heterocycles. The van der Waals surface area contributed by atoms with Crippen molar-refractivity contribution in [1.29, 1.82) is 0 Å². The van der Waals surface area contributed by atoms with E-state index in [-0.39, 0.29) is 11.7 Å². The number of aromatic hydroxyl groups is 1. The number of benzene rings is 2. The number of halogens is 1. The molecule has 0 aliphatic carbocycles. The maximum absolute atomic E-state index is 14.2. The molecule has 1 saturated heterocycles. The monoisotopic (exact) mass is 623 g/mol. The van der Waals surface area contributed by atoms with Crippen LogP contribution in [0.25, 0.3) is 33.5 Å². The molecule has 1 atom stereocenters. The van der Waals surface area contributed by atoms with Gasteiger partial charge in [-0.05, 0) is 74.3 Å². The van der Waals surface area contributed by atoms with Crippen molar-refractivity contribution >= 4 is 22.6 Å². The highest BCUT2D eigenvalue weighted by Crippen LogP contribution is 2.34. The summed E-state index contributed by atoms with van der Waals surface area (Å²) in [5, 5.41) is 18.4. The molecule has 5 heterocycles. The lowest BCUT2D eigenvalue weighted by Crippen LogP contribution is -2.37. The van der Waals surface area contributed by atoms with Crippen LogP contribution in [0, 0.1) is 5.82 Å². The van der Waals surface area contributed by atoms with Crippen LogP contribution in [0.5, 0.6) is 5.75 Å². The first-order valence-corrected chi connectivity index (χ1v) is 15.9. The number of aromatic amines is 2. The Balaban J connectivity index is 1.04. The number of H-pyrrole nitrogens is 2. The predicted molar refractivity (Wildman–Crippen MR) is 174 cm³/mol. The van der Waals surface area contributed by atoms with Crippen LogP contribution in [0.1, 0.15) is 47.7 Å². The summed E-state index contributed by atoms with van der Waals surface area (Å²) in [6.45, 7) is 8.12. The van der Waals surface area contributed by atoms with Crippen molar-refractivity contribution < 1.29 is 14.3 Å². The molecule has 0 bridgehead atoms. The molecule has 3 N–H and O–H groups in total. The van der Waals surface area contributed by atoms with Crippen molar-refractivity contribution in [2.24, 2.45) is 0 Å². The molecule has 2 aliphatic rings. The first kappa shape index (κ1) is 29.8. The lowest BCUT2D eigenvalue weighted by Gasteiger charge is -2.26. The van der Waals surface area contributed by atoms with Crippen LogP contribution in [0.4, 0.5) is 10.2 Å². The fourth-order valence-electron chi connectivity index (χ4n) is 6.55. The molecule has 238 valence electrons. The number of likely N-dealkylation sites (N-methyl/N-ethyl adjacent to an activating group) is 1. The summed E-state index contributed by atoms with van der Waals surface area (Å²) in [5.74, 6) is 0.367. The van der Waals surface area contributed by atoms with E-state index in [2.05, 4.69) is 48.9 Å². The maximum Gasteiger partial charge on any atom is 0.274 e. The van der Waals surface area contributed by atoms with Crippen LogP contribution < -0.4 is 4.90 Å². The summed E-state index contributed by atoms with van der Waals surface area (Å²) in [7, 11) is 2.15. The molecule has 0 unspecified atom stereocenters. The van der Waals surface area contributed by atoms with E-state index in [0.29, 0.717) is 55.6 Å². The van der Waals surface area contributed by atoms with Gasteiger partial charge in [-0.2, -0.15) is 5.10 Å². The molecule has 11 nitrogen and oxygen atoms in total. The zero-order chi connectivity index (χ0) is 31.9. The number of nitrogens with one attached hydrogen (secondary N) is 2. The average molecular weight is 624 g/mol. The number of nitrogens with zero attached hydrogens (tertiary/aromatic N) is 7. The van der Waals surface area contributed by atoms with E-state index < -0.39 is 5.82 Å². The number of aromatic nitrogens is 6. The third-order valence-electron chi connectivity index (χ3n) is 9.41. The Labute approximate surface area is 266 Å². The molecular weight excluding hydrogens is 585 g/mol. The van der Waals surface area contributed by atoms with Crippen LogP contribution in [-0.2, 0) is 19.3 Å². The van der Waals surface area contributed by atoms with Gasteiger partial charge in [-0.25, -0.2) is 19.3 Å². The number of carbonyl (C=O) groups excluding carboxylic acids is 1. The molecule has 2 aliphatic heterocycles. The minimum absolute atomic E-state index is 0.123. The van der Waals surface area contributed by atoms with Gasteiger partial charge in [-0.3, -0.25) is 9.89 Å². The number of rotatable bonds is 5. The van der Waals surface area contributed by atoms with Crippen molar-refractivity contribution in [3.63, 3.8) is 0 Å². The highest BCUT2D eigenvalue weighted by atomic mass is 19.1. The highest BCUT2D eigenvalue weighted by Gasteiger charge is 2.26. The molecule has 12 heteroatoms. The summed E-state index contributed by atoms with van der Waals surface area (Å²) >= 11 is 0. The van der Waals surface area contributed by atoms with Crippen molar-refractivity contribution in [2.45, 2.75) is 45.6 Å². The second-order valence-electron chi connectivity index (χ2n) is 12.3. The van der Waals surface area contributed by atoms with E-state index in [1.165, 1.54) is 12.1 Å². The van der Waals surface area contributed by atoms with Gasteiger partial charge in [0, 0.05) is 56.1 Å². The highest BCUT2D eigenvalue weighted by molar-refractivity contribution is 5.94. The van der Waals surface area contributed by atoms with Crippen LogP contribution in [-0.4, -0.2) is 96.8 Å². The largest absolute Gasteiger partial charge is 0.505 e. The fourth-order valence-corrected chi connectivity index (χ4v) is 6.55. The van der Waals surface area contributed by atoms with E-state index in [4.69, 9.17) is 4.98 Å². The van der Waals surface area contributed by atoms with E-state index in [1.54, 1.807) is 12.4 Å². The Morgan fingerprint density at radius 3 is 2.74 bits per heavy atom. The number of amides is 1. The zero-order valence-corrected chi connectivity index (χ0v) is 26.3. The summed E-state index contributed by atoms with van der Waals surface area (Å²) in [5.41, 5.74) is 6.21. The molecule has 1 amide bonds. The van der Waals surface area contributed by atoms with Gasteiger partial charge in [-0.1, -0.05) is 13.0 Å². The smallest absolute Gasteiger partial charge is 0.274 e. The minimum atomic E-state index is -0.646. The number of hydrogen-bond acceptors (Lipinski definition) is 8. The Kier molecular flexibility index (Phi) is 7.89. The van der Waals surface area contributed by atoms with Gasteiger partial charge in [0.15, 0.2) is 17.4 Å². The fraction of sp³-hybridized carbons (Fsp3) is 0.382. The topological polar surface area (TPSA) is 130 Å². The third kappa shape index (κ3) is 5.57. The van der Waals surface area contributed by atoms with Gasteiger partial charge < -0.3 is 24.8 Å². The predicted octanol–water partition coefficient (Wildman–Crippen LogP) is 4.59. The number of anilines is 1. The molecule has 0 saturated carbocycles. The van der Waals surface area contributed by atoms with Gasteiger partial charge in [0.25, 0.3) is 5.91 Å². The van der Waals surface area contributed by atoms with E-state index >= 15 is 0 Å². The molecular formula is C34H38FN9O2. The summed E-state index contributed by atoms with van der Waals surface area (Å²) in [4.78, 5) is 37.3. The lowest BCUT2D eigenvalue weighted by molar-refractivity contribution is 0.0756. The Morgan fingerprint density at radius 2 is 1.93 bits per heavy atom. The summed E-state index contributed by atoms with van der Waals surface area (Å²) in [6, 6.07) is 9.12. The second kappa shape index (κ2) is 12.2. The molecule has 5 aromatic rings. The van der Waals surface area contributed by atoms with Gasteiger partial charge in [0.1, 0.15) is 17.2 Å². The average Bonchev–Trinajstić information content (AvgIpc) is 3.57. The number of fused-ring (bicyclic) bond motifs is 2. The standard InChI is InChI=1S/C34H38FN9O2/c1-4-21-15-30(45)25(35)16-24(21)22-6-7-23-28(14-22)40-41-32(23)33-38-26-8-12-43(13-9-27(26)39-33)34(46)29-17-37-31(18-36-29)44-11-5-10-42(3)20(2)19-44/h6-7,14-18,20,45H,4-5,8-13,19H2,1-3H3,(H,38,39)(H,40,41)/t20-/m1/s1. The van der Waals surface area contributed by atoms with Crippen LogP contribution in [0.3, 0.4) is 0 Å². The van der Waals surface area contributed by atoms with E-state index in [1.807, 2.05) is 30.0 Å². The van der Waals surface area contributed by atoms with Crippen molar-refractivity contribution in [3.05, 3.63) is 71.2 Å². The normalized spacial score (nSPS) is 17.6. The Bertz CT molecular complexity index is 1880. The van der Waals surface area contributed by atoms with E-state index in [9.17, 15) is 14.3 Å². The quantitative estimate of drug-likeness (QED) is 0.259. The first-order valence-electron chi connectivity index (χ1n) is 15.9. The van der Waals surface area contributed by atoms with Gasteiger partial charge in [-0.15, -0.1) is 0 Å². The van der Waals surface area contributed by atoms with Gasteiger partial charge >= 0.3 is 0 Å². The van der Waals surface area contributed by atoms with Crippen molar-refractivity contribution in [2.75, 3.05) is 44.7 Å². The van der Waals surface area contributed by atoms with Crippen molar-refractivity contribution in [3.8, 4) is 28.4 Å². The molecule has 7 rings (SSSR count). The van der Waals surface area contributed by atoms with Crippen LogP contribution in [0.2, 0.25) is 0 Å². The number of phenolic OH excluding ortho intramolecular Hbond substituents is 1. The molecule has 0 radical (unpaired) electrons.